The van der Waals surface area contributed by atoms with Crippen LogP contribution in [0.25, 0.3) is 11.1 Å². The Labute approximate surface area is 201 Å². The van der Waals surface area contributed by atoms with Crippen molar-refractivity contribution in [2.75, 3.05) is 10.4 Å². The maximum atomic E-state index is 11.9. The number of phenols is 1. The third-order valence-corrected chi connectivity index (χ3v) is 6.20. The molecule has 2 aliphatic rings. The van der Waals surface area contributed by atoms with Gasteiger partial charge in [-0.05, 0) is 73.2 Å². The monoisotopic (exact) mass is 466 g/mol. The lowest BCUT2D eigenvalue weighted by Gasteiger charge is -2.15. The molecule has 1 heterocycles. The molecule has 0 spiro atoms. The number of allylic oxidation sites excluding steroid dienone is 1. The van der Waals surface area contributed by atoms with Crippen molar-refractivity contribution in [2.45, 2.75) is 26.2 Å². The number of hydrogen-bond donors (Lipinski definition) is 3. The first-order valence-electron chi connectivity index (χ1n) is 11.2. The minimum absolute atomic E-state index is 0.0981. The second kappa shape index (κ2) is 8.93. The number of carbonyl (C=O) groups is 1. The number of aromatic carboxylic acids is 1. The van der Waals surface area contributed by atoms with Gasteiger partial charge in [-0.3, -0.25) is 5.43 Å². The number of aryl methyl sites for hydroxylation is 2. The molecular weight excluding hydrogens is 444 g/mol. The summed E-state index contributed by atoms with van der Waals surface area (Å²) in [5.41, 5.74) is 8.62. The van der Waals surface area contributed by atoms with Crippen LogP contribution in [-0.4, -0.2) is 33.5 Å². The van der Waals surface area contributed by atoms with E-state index in [-0.39, 0.29) is 17.0 Å². The number of hydrazone groups is 2. The number of hydrogen-bond acceptors (Lipinski definition) is 7. The number of carboxylic acid groups (broad SMARTS) is 1. The number of carbonyl (C=O) groups excluding carboxylic acids is 1. The van der Waals surface area contributed by atoms with Crippen LogP contribution in [-0.2, 0) is 17.6 Å². The fourth-order valence-corrected chi connectivity index (χ4v) is 4.42. The Morgan fingerprint density at radius 3 is 2.69 bits per heavy atom. The Morgan fingerprint density at radius 1 is 1.09 bits per heavy atom. The molecule has 0 fully saturated rings. The van der Waals surface area contributed by atoms with Crippen LogP contribution in [0.15, 0.2) is 76.6 Å². The molecule has 0 aromatic heterocycles. The minimum Gasteiger partial charge on any atom is -0.505 e. The molecule has 3 aromatic carbocycles. The molecule has 5 rings (SSSR count). The third kappa shape index (κ3) is 4.07. The summed E-state index contributed by atoms with van der Waals surface area (Å²) in [6.45, 7) is 1.75. The summed E-state index contributed by atoms with van der Waals surface area (Å²) in [6, 6.07) is 17.4. The highest BCUT2D eigenvalue weighted by Crippen LogP contribution is 2.36. The van der Waals surface area contributed by atoms with Gasteiger partial charge in [0.15, 0.2) is 11.6 Å². The predicted molar refractivity (Wildman–Crippen MR) is 135 cm³/mol. The Balaban J connectivity index is 1.44. The first-order chi connectivity index (χ1) is 17.0. The lowest BCUT2D eigenvalue weighted by atomic mass is 10.0. The van der Waals surface area contributed by atoms with E-state index in [2.05, 4.69) is 21.7 Å². The van der Waals surface area contributed by atoms with E-state index in [1.54, 1.807) is 37.3 Å². The second-order valence-corrected chi connectivity index (χ2v) is 8.41. The standard InChI is InChI=1S/C27H22N4O4/c1-16-25(24(15-32)31(30-16)21-12-11-17-5-2-6-18(17)14-21)29-28-23-10-4-9-22(26(23)33)19-7-3-8-20(13-19)27(34)35/h3-4,7-14,28,33H,2,5-6H2,1H3,(H,34,35). The average Bonchev–Trinajstić information content (AvgIpc) is 3.46. The molecular formula is C27H22N4O4. The van der Waals surface area contributed by atoms with Crippen LogP contribution in [0.5, 0.6) is 5.75 Å². The molecule has 0 bridgehead atoms. The molecule has 35 heavy (non-hydrogen) atoms. The molecule has 0 saturated heterocycles. The van der Waals surface area contributed by atoms with Crippen molar-refractivity contribution in [1.82, 2.24) is 0 Å². The number of benzene rings is 3. The van der Waals surface area contributed by atoms with Gasteiger partial charge >= 0.3 is 5.97 Å². The highest BCUT2D eigenvalue weighted by atomic mass is 16.4. The summed E-state index contributed by atoms with van der Waals surface area (Å²) in [5.74, 6) is 0.805. The van der Waals surface area contributed by atoms with E-state index < -0.39 is 5.97 Å². The first-order valence-corrected chi connectivity index (χ1v) is 11.2. The van der Waals surface area contributed by atoms with Crippen LogP contribution in [0.3, 0.4) is 0 Å². The van der Waals surface area contributed by atoms with Crippen LogP contribution in [0.1, 0.15) is 34.8 Å². The van der Waals surface area contributed by atoms with E-state index in [4.69, 9.17) is 0 Å². The third-order valence-electron chi connectivity index (χ3n) is 6.20. The number of rotatable bonds is 5. The van der Waals surface area contributed by atoms with Gasteiger partial charge in [-0.25, -0.2) is 14.6 Å². The number of nitrogens with zero attached hydrogens (tertiary/aromatic N) is 3. The van der Waals surface area contributed by atoms with Gasteiger partial charge in [0.1, 0.15) is 11.5 Å². The Kier molecular flexibility index (Phi) is 5.65. The van der Waals surface area contributed by atoms with Crippen molar-refractivity contribution in [1.29, 1.82) is 0 Å². The number of carboxylic acids is 1. The molecule has 8 nitrogen and oxygen atoms in total. The van der Waals surface area contributed by atoms with Crippen LogP contribution >= 0.6 is 0 Å². The van der Waals surface area contributed by atoms with Gasteiger partial charge in [-0.1, -0.05) is 30.3 Å². The lowest BCUT2D eigenvalue weighted by molar-refractivity contribution is 0.0697. The largest absolute Gasteiger partial charge is 0.505 e. The highest BCUT2D eigenvalue weighted by molar-refractivity contribution is 6.52. The number of fused-ring (bicyclic) bond motifs is 1. The van der Waals surface area contributed by atoms with Crippen molar-refractivity contribution in [3.05, 3.63) is 83.1 Å². The number of para-hydroxylation sites is 1. The molecule has 0 amide bonds. The summed E-state index contributed by atoms with van der Waals surface area (Å²) in [4.78, 5) is 23.2. The zero-order valence-electron chi connectivity index (χ0n) is 18.9. The van der Waals surface area contributed by atoms with Gasteiger partial charge in [-0.2, -0.15) is 10.2 Å². The summed E-state index contributed by atoms with van der Waals surface area (Å²) in [6.07, 6.45) is 3.19. The minimum atomic E-state index is -1.05. The normalized spacial score (nSPS) is 15.7. The molecule has 3 aromatic rings. The molecule has 0 unspecified atom stereocenters. The van der Waals surface area contributed by atoms with E-state index in [0.717, 1.165) is 24.9 Å². The number of aromatic hydroxyl groups is 1. The number of anilines is 2. The second-order valence-electron chi connectivity index (χ2n) is 8.41. The Hall–Kier alpha value is -4.68. The summed E-state index contributed by atoms with van der Waals surface area (Å²) in [7, 11) is 0. The zero-order valence-corrected chi connectivity index (χ0v) is 18.9. The first kappa shape index (κ1) is 22.1. The van der Waals surface area contributed by atoms with E-state index >= 15 is 0 Å². The van der Waals surface area contributed by atoms with Crippen molar-refractivity contribution in [3.63, 3.8) is 0 Å². The van der Waals surface area contributed by atoms with Crippen molar-refractivity contribution in [3.8, 4) is 16.9 Å². The van der Waals surface area contributed by atoms with Crippen molar-refractivity contribution in [2.24, 2.45) is 10.2 Å². The van der Waals surface area contributed by atoms with E-state index in [1.807, 2.05) is 18.1 Å². The maximum Gasteiger partial charge on any atom is 0.335 e. The fraction of sp³-hybridized carbons (Fsp3) is 0.148. The van der Waals surface area contributed by atoms with Crippen molar-refractivity contribution >= 4 is 34.7 Å². The van der Waals surface area contributed by atoms with Crippen LogP contribution in [0.2, 0.25) is 0 Å². The molecule has 0 saturated carbocycles. The molecule has 3 N–H and O–H groups in total. The van der Waals surface area contributed by atoms with Gasteiger partial charge in [-0.15, -0.1) is 0 Å². The van der Waals surface area contributed by atoms with E-state index in [1.165, 1.54) is 28.3 Å². The quantitative estimate of drug-likeness (QED) is 0.287. The molecule has 1 aliphatic carbocycles. The maximum absolute atomic E-state index is 11.9. The van der Waals surface area contributed by atoms with Gasteiger partial charge in [0.25, 0.3) is 0 Å². The van der Waals surface area contributed by atoms with Gasteiger partial charge < -0.3 is 10.2 Å². The van der Waals surface area contributed by atoms with Crippen molar-refractivity contribution < 1.29 is 19.8 Å². The SMILES string of the molecule is CC1=NN(c2ccc3c(c2)CCC3)C(=C=O)C1=NNc1cccc(-c2cccc(C(=O)O)c2)c1O. The summed E-state index contributed by atoms with van der Waals surface area (Å²) in [5, 5.41) is 30.5. The predicted octanol–water partition coefficient (Wildman–Crippen LogP) is 4.63. The molecule has 0 atom stereocenters. The molecule has 1 aliphatic heterocycles. The Morgan fingerprint density at radius 2 is 1.89 bits per heavy atom. The number of phenolic OH excluding ortho intramolecular Hbond substituents is 1. The smallest absolute Gasteiger partial charge is 0.335 e. The van der Waals surface area contributed by atoms with Crippen LogP contribution in [0, 0.1) is 0 Å². The van der Waals surface area contributed by atoms with Crippen LogP contribution in [0.4, 0.5) is 11.4 Å². The van der Waals surface area contributed by atoms with E-state index in [9.17, 15) is 19.8 Å². The number of nitrogens with one attached hydrogen (secondary N) is 1. The summed E-state index contributed by atoms with van der Waals surface area (Å²) < 4.78 is 0. The molecule has 174 valence electrons. The lowest BCUT2D eigenvalue weighted by Crippen LogP contribution is -2.18. The van der Waals surface area contributed by atoms with Gasteiger partial charge in [0, 0.05) is 5.56 Å². The molecule has 0 radical (unpaired) electrons. The van der Waals surface area contributed by atoms with E-state index in [0.29, 0.717) is 28.2 Å². The van der Waals surface area contributed by atoms with Crippen LogP contribution < -0.4 is 10.4 Å². The summed E-state index contributed by atoms with van der Waals surface area (Å²) >= 11 is 0. The molecule has 8 heteroatoms. The average molecular weight is 466 g/mol. The van der Waals surface area contributed by atoms with Gasteiger partial charge in [0.2, 0.25) is 0 Å². The highest BCUT2D eigenvalue weighted by Gasteiger charge is 2.29. The van der Waals surface area contributed by atoms with Gasteiger partial charge in [0.05, 0.1) is 22.6 Å². The zero-order chi connectivity index (χ0) is 24.5. The topological polar surface area (TPSA) is 115 Å². The fourth-order valence-electron chi connectivity index (χ4n) is 4.42. The Bertz CT molecular complexity index is 1470.